The van der Waals surface area contributed by atoms with Crippen molar-refractivity contribution >= 4 is 0 Å². The molecule has 0 saturated heterocycles. The molecule has 2 N–H and O–H groups in total. The third kappa shape index (κ3) is 2.80. The van der Waals surface area contributed by atoms with Crippen LogP contribution in [0.2, 0.25) is 0 Å². The van der Waals surface area contributed by atoms with E-state index in [1.165, 1.54) is 5.56 Å². The zero-order chi connectivity index (χ0) is 14.8. The zero-order valence-corrected chi connectivity index (χ0v) is 12.4. The minimum Gasteiger partial charge on any atom is -0.484 e. The van der Waals surface area contributed by atoms with Crippen LogP contribution in [0.5, 0.6) is 5.75 Å². The highest BCUT2D eigenvalue weighted by Crippen LogP contribution is 2.35. The van der Waals surface area contributed by atoms with Crippen molar-refractivity contribution in [3.8, 4) is 5.75 Å². The number of fused-ring (bicyclic) bond motifs is 1. The first kappa shape index (κ1) is 14.1. The van der Waals surface area contributed by atoms with E-state index in [1.54, 1.807) is 0 Å². The van der Waals surface area contributed by atoms with Crippen LogP contribution in [-0.2, 0) is 6.42 Å². The molecule has 3 nitrogen and oxygen atoms in total. The van der Waals surface area contributed by atoms with E-state index in [9.17, 15) is 5.21 Å². The van der Waals surface area contributed by atoms with Crippen molar-refractivity contribution in [3.05, 3.63) is 65.2 Å². The van der Waals surface area contributed by atoms with E-state index in [0.29, 0.717) is 5.92 Å². The van der Waals surface area contributed by atoms with Gasteiger partial charge in [-0.3, -0.25) is 0 Å². The summed E-state index contributed by atoms with van der Waals surface area (Å²) >= 11 is 0. The Labute approximate surface area is 125 Å². The van der Waals surface area contributed by atoms with Gasteiger partial charge < -0.3 is 9.94 Å². The van der Waals surface area contributed by atoms with Crippen LogP contribution in [0.4, 0.5) is 0 Å². The Morgan fingerprint density at radius 2 is 1.81 bits per heavy atom. The standard InChI is InChI=1S/C18H21NO2/c1-12(2)13-7-9-14(10-8-13)18-16(19-20)11-15-5-3-4-6-17(15)21-18/h3-10,12,16,18-20H,11H2,1-2H3/t16-,18-/m0/s1. The van der Waals surface area contributed by atoms with Crippen LogP contribution in [-0.4, -0.2) is 11.2 Å². The summed E-state index contributed by atoms with van der Waals surface area (Å²) in [5.74, 6) is 1.42. The van der Waals surface area contributed by atoms with Gasteiger partial charge in [-0.2, -0.15) is 5.48 Å². The van der Waals surface area contributed by atoms with E-state index in [2.05, 4.69) is 43.6 Å². The van der Waals surface area contributed by atoms with Gasteiger partial charge in [-0.25, -0.2) is 0 Å². The second-order valence-corrected chi connectivity index (χ2v) is 5.91. The van der Waals surface area contributed by atoms with Crippen molar-refractivity contribution in [2.45, 2.75) is 38.3 Å². The summed E-state index contributed by atoms with van der Waals surface area (Å²) in [6.07, 6.45) is 0.578. The van der Waals surface area contributed by atoms with Gasteiger partial charge in [0.2, 0.25) is 0 Å². The Morgan fingerprint density at radius 1 is 1.10 bits per heavy atom. The highest BCUT2D eigenvalue weighted by molar-refractivity contribution is 5.38. The van der Waals surface area contributed by atoms with Gasteiger partial charge in [-0.1, -0.05) is 56.3 Å². The fourth-order valence-electron chi connectivity index (χ4n) is 2.83. The van der Waals surface area contributed by atoms with Gasteiger partial charge in [0.15, 0.2) is 0 Å². The molecule has 0 aromatic heterocycles. The van der Waals surface area contributed by atoms with Crippen LogP contribution in [0.3, 0.4) is 0 Å². The number of ether oxygens (including phenoxy) is 1. The maximum absolute atomic E-state index is 9.46. The van der Waals surface area contributed by atoms with Crippen molar-refractivity contribution < 1.29 is 9.94 Å². The highest BCUT2D eigenvalue weighted by atomic mass is 16.5. The van der Waals surface area contributed by atoms with E-state index < -0.39 is 0 Å². The Kier molecular flexibility index (Phi) is 3.95. The summed E-state index contributed by atoms with van der Waals surface area (Å²) < 4.78 is 6.10. The van der Waals surface area contributed by atoms with E-state index in [-0.39, 0.29) is 12.1 Å². The van der Waals surface area contributed by atoms with E-state index >= 15 is 0 Å². The van der Waals surface area contributed by atoms with Crippen molar-refractivity contribution in [2.75, 3.05) is 0 Å². The van der Waals surface area contributed by atoms with E-state index in [0.717, 1.165) is 23.3 Å². The molecule has 1 heterocycles. The van der Waals surface area contributed by atoms with Crippen molar-refractivity contribution in [3.63, 3.8) is 0 Å². The average Bonchev–Trinajstić information content (AvgIpc) is 2.53. The zero-order valence-electron chi connectivity index (χ0n) is 12.4. The van der Waals surface area contributed by atoms with Gasteiger partial charge in [0.05, 0.1) is 6.04 Å². The fourth-order valence-corrected chi connectivity index (χ4v) is 2.83. The highest BCUT2D eigenvalue weighted by Gasteiger charge is 2.30. The van der Waals surface area contributed by atoms with Crippen molar-refractivity contribution in [1.29, 1.82) is 0 Å². The molecule has 0 saturated carbocycles. The summed E-state index contributed by atoms with van der Waals surface area (Å²) in [7, 11) is 0. The Bertz CT molecular complexity index is 607. The second kappa shape index (κ2) is 5.88. The Morgan fingerprint density at radius 3 is 2.48 bits per heavy atom. The quantitative estimate of drug-likeness (QED) is 0.841. The monoisotopic (exact) mass is 283 g/mol. The molecule has 3 rings (SSSR count). The predicted octanol–water partition coefficient (Wildman–Crippen LogP) is 3.83. The normalized spacial score (nSPS) is 21.0. The molecule has 2 atom stereocenters. The molecular weight excluding hydrogens is 262 g/mol. The first-order valence-corrected chi connectivity index (χ1v) is 7.43. The molecular formula is C18H21NO2. The van der Waals surface area contributed by atoms with Crippen LogP contribution < -0.4 is 10.2 Å². The molecule has 0 amide bonds. The number of benzene rings is 2. The second-order valence-electron chi connectivity index (χ2n) is 5.91. The summed E-state index contributed by atoms with van der Waals surface area (Å²) in [6, 6.07) is 16.3. The topological polar surface area (TPSA) is 41.5 Å². The van der Waals surface area contributed by atoms with Crippen LogP contribution in [0, 0.1) is 0 Å². The lowest BCUT2D eigenvalue weighted by atomic mass is 9.92. The lowest BCUT2D eigenvalue weighted by Crippen LogP contribution is -2.40. The molecule has 2 aromatic rings. The van der Waals surface area contributed by atoms with Gasteiger partial charge in [-0.15, -0.1) is 0 Å². The Balaban J connectivity index is 1.90. The summed E-state index contributed by atoms with van der Waals surface area (Å²) in [4.78, 5) is 0. The maximum atomic E-state index is 9.46. The number of hydrogen-bond donors (Lipinski definition) is 2. The van der Waals surface area contributed by atoms with Crippen LogP contribution in [0.1, 0.15) is 42.6 Å². The molecule has 2 aromatic carbocycles. The average molecular weight is 283 g/mol. The molecule has 1 aliphatic heterocycles. The number of para-hydroxylation sites is 1. The minimum atomic E-state index is -0.175. The largest absolute Gasteiger partial charge is 0.484 e. The fraction of sp³-hybridized carbons (Fsp3) is 0.333. The first-order chi connectivity index (χ1) is 10.2. The van der Waals surface area contributed by atoms with Crippen LogP contribution >= 0.6 is 0 Å². The van der Waals surface area contributed by atoms with Gasteiger partial charge >= 0.3 is 0 Å². The number of nitrogens with one attached hydrogen (secondary N) is 1. The molecule has 0 aliphatic carbocycles. The molecule has 0 unspecified atom stereocenters. The summed E-state index contributed by atoms with van der Waals surface area (Å²) in [5, 5.41) is 9.46. The third-order valence-corrected chi connectivity index (χ3v) is 4.13. The lowest BCUT2D eigenvalue weighted by Gasteiger charge is -2.33. The van der Waals surface area contributed by atoms with E-state index in [4.69, 9.17) is 4.74 Å². The lowest BCUT2D eigenvalue weighted by molar-refractivity contribution is 0.0405. The van der Waals surface area contributed by atoms with Gasteiger partial charge in [0, 0.05) is 0 Å². The molecule has 0 spiro atoms. The maximum Gasteiger partial charge on any atom is 0.142 e. The predicted molar refractivity (Wildman–Crippen MR) is 82.8 cm³/mol. The molecule has 3 heteroatoms. The molecule has 110 valence electrons. The molecule has 1 aliphatic rings. The van der Waals surface area contributed by atoms with E-state index in [1.807, 2.05) is 24.3 Å². The van der Waals surface area contributed by atoms with Gasteiger partial charge in [0.25, 0.3) is 0 Å². The Hall–Kier alpha value is -1.84. The smallest absolute Gasteiger partial charge is 0.142 e. The summed E-state index contributed by atoms with van der Waals surface area (Å²) in [5.41, 5.74) is 5.92. The van der Waals surface area contributed by atoms with Crippen LogP contribution in [0.15, 0.2) is 48.5 Å². The van der Waals surface area contributed by atoms with Gasteiger partial charge in [0.1, 0.15) is 11.9 Å². The molecule has 21 heavy (non-hydrogen) atoms. The SMILES string of the molecule is CC(C)c1ccc([C@@H]2Oc3ccccc3C[C@@H]2NO)cc1. The van der Waals surface area contributed by atoms with Crippen LogP contribution in [0.25, 0.3) is 0 Å². The number of hydroxylamine groups is 1. The molecule has 0 radical (unpaired) electrons. The molecule has 0 bridgehead atoms. The molecule has 0 fully saturated rings. The first-order valence-electron chi connectivity index (χ1n) is 7.43. The summed E-state index contributed by atoms with van der Waals surface area (Å²) in [6.45, 7) is 4.36. The third-order valence-electron chi connectivity index (χ3n) is 4.13. The van der Waals surface area contributed by atoms with Gasteiger partial charge in [-0.05, 0) is 35.1 Å². The van der Waals surface area contributed by atoms with Crippen molar-refractivity contribution in [1.82, 2.24) is 5.48 Å². The number of hydrogen-bond acceptors (Lipinski definition) is 3. The number of rotatable bonds is 3. The minimum absolute atomic E-state index is 0.134. The van der Waals surface area contributed by atoms with Crippen molar-refractivity contribution in [2.24, 2.45) is 0 Å².